The molecule has 1 aromatic heterocycles. The van der Waals surface area contributed by atoms with Gasteiger partial charge in [-0.1, -0.05) is 41.9 Å². The van der Waals surface area contributed by atoms with Crippen molar-refractivity contribution in [3.8, 4) is 11.5 Å². The van der Waals surface area contributed by atoms with Gasteiger partial charge in [0.05, 0.1) is 16.8 Å². The number of nitrogens with two attached hydrogens (primary N) is 1. The molecular formula is C30H22ClFN2O5S. The number of hydrogen-bond acceptors (Lipinski definition) is 6. The maximum Gasteiger partial charge on any atom is 0.255 e. The van der Waals surface area contributed by atoms with Crippen LogP contribution in [0.5, 0.6) is 11.5 Å². The first-order chi connectivity index (χ1) is 19.3. The summed E-state index contributed by atoms with van der Waals surface area (Å²) in [6.07, 6.45) is 0. The Bertz CT molecular complexity index is 1610. The third-order valence-electron chi connectivity index (χ3n) is 7.32. The van der Waals surface area contributed by atoms with Crippen molar-refractivity contribution in [3.05, 3.63) is 117 Å². The van der Waals surface area contributed by atoms with Gasteiger partial charge in [0.1, 0.15) is 11.9 Å². The predicted octanol–water partition coefficient (Wildman–Crippen LogP) is 5.60. The highest BCUT2D eigenvalue weighted by atomic mass is 35.5. The number of carbonyl (C=O) groups excluding carboxylic acids is 3. The summed E-state index contributed by atoms with van der Waals surface area (Å²) in [5.74, 6) is -3.06. The second-order valence-corrected chi connectivity index (χ2v) is 11.0. The Morgan fingerprint density at radius 1 is 0.925 bits per heavy atom. The molecule has 7 nitrogen and oxygen atoms in total. The van der Waals surface area contributed by atoms with E-state index in [0.29, 0.717) is 32.5 Å². The van der Waals surface area contributed by atoms with Crippen molar-refractivity contribution >= 4 is 40.5 Å². The summed E-state index contributed by atoms with van der Waals surface area (Å²) >= 11 is 7.44. The summed E-state index contributed by atoms with van der Waals surface area (Å²) in [4.78, 5) is 43.5. The standard InChI is InChI=1S/C30H22ClFN2O5S/c31-19-9-6-16(7-10-19)24-25(28(35)23-5-2-12-40-23)26(17-8-11-21-22(14-17)39-15-38-21)34(27(24)29(33)36)30(37)18-3-1-4-20(32)13-18/h1-14,24-27H,15H2,(H2,33,36). The summed E-state index contributed by atoms with van der Waals surface area (Å²) < 4.78 is 25.3. The average molecular weight is 577 g/mol. The number of ether oxygens (including phenoxy) is 2. The molecule has 2 aliphatic heterocycles. The zero-order valence-corrected chi connectivity index (χ0v) is 22.4. The Labute approximate surface area is 237 Å². The molecule has 0 aliphatic carbocycles. The number of thiophene rings is 1. The molecule has 6 rings (SSSR count). The number of halogens is 2. The first kappa shape index (κ1) is 26.0. The van der Waals surface area contributed by atoms with E-state index in [-0.39, 0.29) is 18.1 Å². The Morgan fingerprint density at radius 2 is 1.68 bits per heavy atom. The molecule has 0 bridgehead atoms. The van der Waals surface area contributed by atoms with Gasteiger partial charge in [0.25, 0.3) is 5.91 Å². The SMILES string of the molecule is NC(=O)C1C(c2ccc(Cl)cc2)C(C(=O)c2cccs2)C(c2ccc3c(c2)OCO3)N1C(=O)c1cccc(F)c1. The van der Waals surface area contributed by atoms with Gasteiger partial charge < -0.3 is 20.1 Å². The molecule has 4 atom stereocenters. The normalized spacial score (nSPS) is 21.4. The van der Waals surface area contributed by atoms with Crippen molar-refractivity contribution in [3.63, 3.8) is 0 Å². The minimum atomic E-state index is -1.23. The molecule has 2 aliphatic rings. The number of ketones is 1. The Balaban J connectivity index is 1.60. The van der Waals surface area contributed by atoms with Crippen molar-refractivity contribution in [2.45, 2.75) is 18.0 Å². The first-order valence-corrected chi connectivity index (χ1v) is 13.7. The van der Waals surface area contributed by atoms with Crippen LogP contribution in [0.2, 0.25) is 5.02 Å². The van der Waals surface area contributed by atoms with Crippen LogP contribution in [-0.4, -0.2) is 35.3 Å². The van der Waals surface area contributed by atoms with E-state index >= 15 is 0 Å². The number of amides is 2. The van der Waals surface area contributed by atoms with Gasteiger partial charge in [-0.15, -0.1) is 11.3 Å². The fourth-order valence-electron chi connectivity index (χ4n) is 5.68. The van der Waals surface area contributed by atoms with Crippen molar-refractivity contribution in [2.24, 2.45) is 11.7 Å². The highest BCUT2D eigenvalue weighted by Gasteiger charge is 2.57. The van der Waals surface area contributed by atoms with E-state index in [1.165, 1.54) is 34.4 Å². The van der Waals surface area contributed by atoms with Gasteiger partial charge in [0.15, 0.2) is 17.3 Å². The highest BCUT2D eigenvalue weighted by molar-refractivity contribution is 7.12. The van der Waals surface area contributed by atoms with Crippen LogP contribution in [0.15, 0.2) is 84.2 Å². The van der Waals surface area contributed by atoms with Gasteiger partial charge in [-0.3, -0.25) is 14.4 Å². The van der Waals surface area contributed by atoms with E-state index in [1.807, 2.05) is 0 Å². The fourth-order valence-corrected chi connectivity index (χ4v) is 6.52. The molecule has 10 heteroatoms. The summed E-state index contributed by atoms with van der Waals surface area (Å²) in [5.41, 5.74) is 7.20. The van der Waals surface area contributed by atoms with E-state index in [9.17, 15) is 18.8 Å². The van der Waals surface area contributed by atoms with E-state index in [0.717, 1.165) is 6.07 Å². The molecule has 3 aromatic carbocycles. The number of likely N-dealkylation sites (tertiary alicyclic amines) is 1. The molecule has 202 valence electrons. The summed E-state index contributed by atoms with van der Waals surface area (Å²) in [5, 5.41) is 2.26. The Morgan fingerprint density at radius 3 is 2.38 bits per heavy atom. The van der Waals surface area contributed by atoms with Gasteiger partial charge in [-0.05, 0) is 65.0 Å². The van der Waals surface area contributed by atoms with Gasteiger partial charge in [-0.25, -0.2) is 4.39 Å². The van der Waals surface area contributed by atoms with Crippen LogP contribution in [0.25, 0.3) is 0 Å². The third kappa shape index (κ3) is 4.51. The molecule has 3 heterocycles. The lowest BCUT2D eigenvalue weighted by Crippen LogP contribution is -2.46. The number of carbonyl (C=O) groups is 3. The minimum Gasteiger partial charge on any atom is -0.454 e. The summed E-state index contributed by atoms with van der Waals surface area (Å²) in [6.45, 7) is 0.0320. The van der Waals surface area contributed by atoms with E-state index in [4.69, 9.17) is 26.8 Å². The lowest BCUT2D eigenvalue weighted by Gasteiger charge is -2.31. The number of nitrogens with zero attached hydrogens (tertiary/aromatic N) is 1. The third-order valence-corrected chi connectivity index (χ3v) is 8.46. The molecule has 1 saturated heterocycles. The van der Waals surface area contributed by atoms with E-state index in [2.05, 4.69) is 0 Å². The van der Waals surface area contributed by atoms with Crippen LogP contribution in [0.4, 0.5) is 4.39 Å². The second kappa shape index (κ2) is 10.4. The van der Waals surface area contributed by atoms with Crippen molar-refractivity contribution in [1.82, 2.24) is 4.90 Å². The number of rotatable bonds is 6. The van der Waals surface area contributed by atoms with Gasteiger partial charge >= 0.3 is 0 Å². The van der Waals surface area contributed by atoms with Crippen molar-refractivity contribution in [2.75, 3.05) is 6.79 Å². The first-order valence-electron chi connectivity index (χ1n) is 12.4. The van der Waals surface area contributed by atoms with Crippen molar-refractivity contribution in [1.29, 1.82) is 0 Å². The van der Waals surface area contributed by atoms with E-state index < -0.39 is 41.6 Å². The van der Waals surface area contributed by atoms with Gasteiger partial charge in [0.2, 0.25) is 12.7 Å². The van der Waals surface area contributed by atoms with Crippen LogP contribution in [-0.2, 0) is 4.79 Å². The lowest BCUT2D eigenvalue weighted by molar-refractivity contribution is -0.122. The molecule has 2 amide bonds. The monoisotopic (exact) mass is 576 g/mol. The lowest BCUT2D eigenvalue weighted by atomic mass is 9.77. The number of primary amides is 1. The smallest absolute Gasteiger partial charge is 0.255 e. The zero-order chi connectivity index (χ0) is 28.0. The highest BCUT2D eigenvalue weighted by Crippen LogP contribution is 2.53. The van der Waals surface area contributed by atoms with Crippen LogP contribution in [0.3, 0.4) is 0 Å². The summed E-state index contributed by atoms with van der Waals surface area (Å²) in [6, 6.07) is 18.4. The molecule has 0 radical (unpaired) electrons. The molecule has 0 saturated carbocycles. The molecule has 4 aromatic rings. The van der Waals surface area contributed by atoms with Crippen LogP contribution < -0.4 is 15.2 Å². The summed E-state index contributed by atoms with van der Waals surface area (Å²) in [7, 11) is 0. The van der Waals surface area contributed by atoms with Crippen LogP contribution in [0.1, 0.15) is 43.1 Å². The topological polar surface area (TPSA) is 98.9 Å². The number of Topliss-reactive ketones (excluding diaryl/α,β-unsaturated/α-hetero) is 1. The fraction of sp³-hybridized carbons (Fsp3) is 0.167. The molecule has 1 fully saturated rings. The van der Waals surface area contributed by atoms with Gasteiger partial charge in [0, 0.05) is 16.5 Å². The average Bonchev–Trinajstić information content (AvgIpc) is 3.71. The molecule has 4 unspecified atom stereocenters. The maximum absolute atomic E-state index is 14.3. The quantitative estimate of drug-likeness (QED) is 0.301. The largest absolute Gasteiger partial charge is 0.454 e. The molecular weight excluding hydrogens is 555 g/mol. The van der Waals surface area contributed by atoms with Crippen molar-refractivity contribution < 1.29 is 28.2 Å². The number of fused-ring (bicyclic) bond motifs is 1. The number of hydrogen-bond donors (Lipinski definition) is 1. The minimum absolute atomic E-state index is 0.0241. The molecule has 40 heavy (non-hydrogen) atoms. The Kier molecular flexibility index (Phi) is 6.77. The number of benzene rings is 3. The molecule has 2 N–H and O–H groups in total. The predicted molar refractivity (Wildman–Crippen MR) is 147 cm³/mol. The maximum atomic E-state index is 14.3. The van der Waals surface area contributed by atoms with Crippen LogP contribution in [0, 0.1) is 11.7 Å². The molecule has 0 spiro atoms. The van der Waals surface area contributed by atoms with Gasteiger partial charge in [-0.2, -0.15) is 0 Å². The Hall–Kier alpha value is -4.21. The second-order valence-electron chi connectivity index (χ2n) is 9.57. The zero-order valence-electron chi connectivity index (χ0n) is 20.8. The van der Waals surface area contributed by atoms with E-state index in [1.54, 1.807) is 60.0 Å². The van der Waals surface area contributed by atoms with Crippen LogP contribution >= 0.6 is 22.9 Å².